The number of ether oxygens (including phenoxy) is 1. The van der Waals surface area contributed by atoms with Crippen LogP contribution in [0.3, 0.4) is 0 Å². The van der Waals surface area contributed by atoms with Crippen molar-refractivity contribution >= 4 is 5.69 Å². The van der Waals surface area contributed by atoms with Gasteiger partial charge in [0.25, 0.3) is 0 Å². The van der Waals surface area contributed by atoms with Crippen LogP contribution in [0.4, 0.5) is 5.69 Å². The molecule has 0 amide bonds. The highest BCUT2D eigenvalue weighted by Crippen LogP contribution is 2.40. The van der Waals surface area contributed by atoms with E-state index < -0.39 is 5.60 Å². The fourth-order valence-corrected chi connectivity index (χ4v) is 5.43. The summed E-state index contributed by atoms with van der Waals surface area (Å²) in [5.74, 6) is 0.778. The lowest BCUT2D eigenvalue weighted by molar-refractivity contribution is -0.136. The molecular formula is C22H34N2O2. The summed E-state index contributed by atoms with van der Waals surface area (Å²) in [5.41, 5.74) is 0.872. The summed E-state index contributed by atoms with van der Waals surface area (Å²) >= 11 is 0. The Bertz CT molecular complexity index is 567. The van der Waals surface area contributed by atoms with Crippen molar-refractivity contribution in [1.29, 1.82) is 0 Å². The van der Waals surface area contributed by atoms with Gasteiger partial charge in [-0.1, -0.05) is 25.1 Å². The fourth-order valence-electron chi connectivity index (χ4n) is 5.43. The Hall–Kier alpha value is -1.10. The highest BCUT2D eigenvalue weighted by molar-refractivity contribution is 5.46. The van der Waals surface area contributed by atoms with Gasteiger partial charge < -0.3 is 14.7 Å². The summed E-state index contributed by atoms with van der Waals surface area (Å²) in [6.07, 6.45) is 5.44. The van der Waals surface area contributed by atoms with Crippen LogP contribution in [0.15, 0.2) is 30.3 Å². The minimum atomic E-state index is -0.481. The second-order valence-corrected chi connectivity index (χ2v) is 8.58. The molecule has 1 N–H and O–H groups in total. The average Bonchev–Trinajstić information content (AvgIpc) is 2.71. The molecule has 0 aromatic heterocycles. The quantitative estimate of drug-likeness (QED) is 0.900. The van der Waals surface area contributed by atoms with Crippen molar-refractivity contribution in [3.8, 4) is 0 Å². The number of rotatable bonds is 3. The molecule has 3 saturated heterocycles. The van der Waals surface area contributed by atoms with E-state index in [-0.39, 0.29) is 0 Å². The zero-order valence-corrected chi connectivity index (χ0v) is 16.1. The van der Waals surface area contributed by atoms with Gasteiger partial charge in [0, 0.05) is 51.1 Å². The third-order valence-electron chi connectivity index (χ3n) is 7.19. The molecule has 4 rings (SSSR count). The summed E-state index contributed by atoms with van der Waals surface area (Å²) in [6, 6.07) is 11.5. The number of nitrogens with zero attached hydrogens (tertiary/aromatic N) is 2. The number of hydrogen-bond donors (Lipinski definition) is 1. The van der Waals surface area contributed by atoms with E-state index in [1.54, 1.807) is 0 Å². The number of aliphatic hydroxyl groups is 1. The summed E-state index contributed by atoms with van der Waals surface area (Å²) in [7, 11) is 0. The summed E-state index contributed by atoms with van der Waals surface area (Å²) in [5, 5.41) is 11.4. The van der Waals surface area contributed by atoms with Gasteiger partial charge in [0.1, 0.15) is 0 Å². The Balaban J connectivity index is 1.32. The monoisotopic (exact) mass is 358 g/mol. The second-order valence-electron chi connectivity index (χ2n) is 8.58. The molecule has 1 aromatic rings. The van der Waals surface area contributed by atoms with Crippen LogP contribution in [-0.4, -0.2) is 61.0 Å². The SMILES string of the molecule is C[C@@H]1CN(C2CCN(c3ccccc3)CC2)CC[C@@]1(O)C1CCOCC1. The summed E-state index contributed by atoms with van der Waals surface area (Å²) in [4.78, 5) is 5.18. The van der Waals surface area contributed by atoms with Gasteiger partial charge in [0.2, 0.25) is 0 Å². The minimum Gasteiger partial charge on any atom is -0.389 e. The third kappa shape index (κ3) is 3.64. The van der Waals surface area contributed by atoms with Gasteiger partial charge in [0.15, 0.2) is 0 Å². The molecule has 144 valence electrons. The second kappa shape index (κ2) is 7.87. The standard InChI is InChI=1S/C22H34N2O2/c1-18-17-24(14-11-22(18,25)19-9-15-26-16-10-19)21-7-12-23(13-8-21)20-5-3-2-4-6-20/h2-6,18-19,21,25H,7-17H2,1H3/t18-,22+/m1/s1. The van der Waals surface area contributed by atoms with Crippen LogP contribution in [0.25, 0.3) is 0 Å². The van der Waals surface area contributed by atoms with E-state index in [0.717, 1.165) is 58.7 Å². The Labute approximate surface area is 158 Å². The molecule has 4 nitrogen and oxygen atoms in total. The number of likely N-dealkylation sites (tertiary alicyclic amines) is 1. The normalized spacial score (nSPS) is 32.7. The van der Waals surface area contributed by atoms with Crippen molar-refractivity contribution in [2.24, 2.45) is 11.8 Å². The van der Waals surface area contributed by atoms with Crippen molar-refractivity contribution in [2.45, 2.75) is 50.7 Å². The van der Waals surface area contributed by atoms with Crippen molar-refractivity contribution in [2.75, 3.05) is 44.3 Å². The maximum atomic E-state index is 11.4. The highest BCUT2D eigenvalue weighted by atomic mass is 16.5. The van der Waals surface area contributed by atoms with E-state index in [9.17, 15) is 5.11 Å². The van der Waals surface area contributed by atoms with Gasteiger partial charge in [-0.2, -0.15) is 0 Å². The third-order valence-corrected chi connectivity index (χ3v) is 7.19. The molecule has 0 spiro atoms. The van der Waals surface area contributed by atoms with Gasteiger partial charge in [-0.05, 0) is 56.1 Å². The number of benzene rings is 1. The Morgan fingerprint density at radius 3 is 2.35 bits per heavy atom. The number of piperidine rings is 2. The Kier molecular flexibility index (Phi) is 5.53. The first-order chi connectivity index (χ1) is 12.7. The molecule has 0 aliphatic carbocycles. The molecule has 0 saturated carbocycles. The van der Waals surface area contributed by atoms with Crippen LogP contribution in [-0.2, 0) is 4.74 Å². The summed E-state index contributed by atoms with van der Waals surface area (Å²) in [6.45, 7) is 8.29. The maximum Gasteiger partial charge on any atom is 0.0727 e. The Morgan fingerprint density at radius 1 is 1.00 bits per heavy atom. The molecule has 2 atom stereocenters. The van der Waals surface area contributed by atoms with E-state index in [4.69, 9.17) is 4.74 Å². The number of para-hydroxylation sites is 1. The maximum absolute atomic E-state index is 11.4. The first-order valence-electron chi connectivity index (χ1n) is 10.5. The molecule has 3 heterocycles. The minimum absolute atomic E-state index is 0.353. The van der Waals surface area contributed by atoms with Crippen LogP contribution in [0.2, 0.25) is 0 Å². The van der Waals surface area contributed by atoms with Gasteiger partial charge in [-0.15, -0.1) is 0 Å². The van der Waals surface area contributed by atoms with E-state index in [0.29, 0.717) is 17.9 Å². The first-order valence-corrected chi connectivity index (χ1v) is 10.5. The predicted octanol–water partition coefficient (Wildman–Crippen LogP) is 3.15. The number of hydrogen-bond acceptors (Lipinski definition) is 4. The van der Waals surface area contributed by atoms with Crippen LogP contribution in [0, 0.1) is 11.8 Å². The van der Waals surface area contributed by atoms with Gasteiger partial charge in [-0.25, -0.2) is 0 Å². The Morgan fingerprint density at radius 2 is 1.69 bits per heavy atom. The van der Waals surface area contributed by atoms with Crippen LogP contribution < -0.4 is 4.90 Å². The molecule has 3 aliphatic rings. The van der Waals surface area contributed by atoms with Crippen molar-refractivity contribution in [1.82, 2.24) is 4.90 Å². The molecule has 0 bridgehead atoms. The van der Waals surface area contributed by atoms with Crippen LogP contribution in [0.1, 0.15) is 39.0 Å². The van der Waals surface area contributed by atoms with Crippen LogP contribution in [0.5, 0.6) is 0 Å². The molecule has 0 radical (unpaired) electrons. The van der Waals surface area contributed by atoms with Gasteiger partial charge in [-0.3, -0.25) is 4.90 Å². The van der Waals surface area contributed by atoms with Crippen molar-refractivity contribution in [3.63, 3.8) is 0 Å². The van der Waals surface area contributed by atoms with Crippen molar-refractivity contribution in [3.05, 3.63) is 30.3 Å². The lowest BCUT2D eigenvalue weighted by Crippen LogP contribution is -2.58. The van der Waals surface area contributed by atoms with E-state index in [1.165, 1.54) is 18.5 Å². The topological polar surface area (TPSA) is 35.9 Å². The largest absolute Gasteiger partial charge is 0.389 e. The van der Waals surface area contributed by atoms with Crippen molar-refractivity contribution < 1.29 is 9.84 Å². The number of anilines is 1. The average molecular weight is 359 g/mol. The van der Waals surface area contributed by atoms with E-state index >= 15 is 0 Å². The highest BCUT2D eigenvalue weighted by Gasteiger charge is 2.46. The lowest BCUT2D eigenvalue weighted by atomic mass is 9.70. The molecule has 3 fully saturated rings. The van der Waals surface area contributed by atoms with E-state index in [2.05, 4.69) is 47.1 Å². The molecule has 0 unspecified atom stereocenters. The molecule has 3 aliphatic heterocycles. The van der Waals surface area contributed by atoms with Gasteiger partial charge >= 0.3 is 0 Å². The zero-order chi connectivity index (χ0) is 18.0. The molecule has 26 heavy (non-hydrogen) atoms. The van der Waals surface area contributed by atoms with Crippen LogP contribution >= 0.6 is 0 Å². The van der Waals surface area contributed by atoms with Gasteiger partial charge in [0.05, 0.1) is 5.60 Å². The fraction of sp³-hybridized carbons (Fsp3) is 0.727. The molecule has 4 heteroatoms. The molecular weight excluding hydrogens is 324 g/mol. The first kappa shape index (κ1) is 18.3. The zero-order valence-electron chi connectivity index (χ0n) is 16.1. The molecule has 1 aromatic carbocycles. The van der Waals surface area contributed by atoms with E-state index in [1.807, 2.05) is 0 Å². The smallest absolute Gasteiger partial charge is 0.0727 e. The summed E-state index contributed by atoms with van der Waals surface area (Å²) < 4.78 is 5.51. The predicted molar refractivity (Wildman–Crippen MR) is 106 cm³/mol. The lowest BCUT2D eigenvalue weighted by Gasteiger charge is -2.51.